The Morgan fingerprint density at radius 2 is 1.93 bits per heavy atom. The van der Waals surface area contributed by atoms with Crippen LogP contribution in [0.4, 0.5) is 4.39 Å². The van der Waals surface area contributed by atoms with Crippen LogP contribution in [0.1, 0.15) is 49.8 Å². The van der Waals surface area contributed by atoms with Crippen molar-refractivity contribution in [1.82, 2.24) is 14.5 Å². The molecular formula is C23H29FN4O2. The Morgan fingerprint density at radius 3 is 2.43 bits per heavy atom. The number of imidazole rings is 1. The monoisotopic (exact) mass is 412 g/mol. The Morgan fingerprint density at radius 1 is 1.30 bits per heavy atom. The van der Waals surface area contributed by atoms with Crippen molar-refractivity contribution in [3.63, 3.8) is 0 Å². The van der Waals surface area contributed by atoms with E-state index < -0.39 is 0 Å². The largest absolute Gasteiger partial charge is 0.335 e. The van der Waals surface area contributed by atoms with Gasteiger partial charge in [-0.1, -0.05) is 19.1 Å². The fourth-order valence-electron chi connectivity index (χ4n) is 4.50. The third-order valence-corrected chi connectivity index (χ3v) is 6.12. The third-order valence-electron chi connectivity index (χ3n) is 6.12. The number of aromatic amines is 1. The van der Waals surface area contributed by atoms with Gasteiger partial charge >= 0.3 is 5.69 Å². The molecular weight excluding hydrogens is 383 g/mol. The Labute approximate surface area is 176 Å². The van der Waals surface area contributed by atoms with Gasteiger partial charge in [0.2, 0.25) is 6.41 Å². The maximum atomic E-state index is 14.2. The van der Waals surface area contributed by atoms with Crippen LogP contribution < -0.4 is 5.69 Å². The first kappa shape index (κ1) is 21.7. The van der Waals surface area contributed by atoms with E-state index in [-0.39, 0.29) is 29.5 Å². The second-order valence-electron chi connectivity index (χ2n) is 8.08. The number of nitrogens with one attached hydrogen (secondary N) is 1. The Hall–Kier alpha value is -2.96. The lowest BCUT2D eigenvalue weighted by molar-refractivity contribution is -0.121. The Balaban J connectivity index is 2.32. The highest BCUT2D eigenvalue weighted by atomic mass is 19.1. The lowest BCUT2D eigenvalue weighted by Crippen LogP contribution is -2.48. The van der Waals surface area contributed by atoms with Gasteiger partial charge in [0, 0.05) is 54.8 Å². The van der Waals surface area contributed by atoms with E-state index in [0.29, 0.717) is 17.5 Å². The number of hydrogen-bond donors (Lipinski definition) is 1. The molecule has 1 aromatic heterocycles. The number of benzene rings is 1. The Kier molecular flexibility index (Phi) is 6.10. The molecule has 1 unspecified atom stereocenters. The zero-order chi connectivity index (χ0) is 22.2. The molecule has 6 nitrogen and oxygen atoms in total. The summed E-state index contributed by atoms with van der Waals surface area (Å²) >= 11 is 0. The normalized spacial score (nSPS) is 23.6. The molecule has 3 atom stereocenters. The molecule has 1 saturated heterocycles. The van der Waals surface area contributed by atoms with Crippen LogP contribution in [0.15, 0.2) is 39.9 Å². The molecule has 1 aromatic carbocycles. The summed E-state index contributed by atoms with van der Waals surface area (Å²) in [6, 6.07) is 3.39. The highest BCUT2D eigenvalue weighted by molar-refractivity contribution is 6.07. The van der Waals surface area contributed by atoms with Gasteiger partial charge in [0.05, 0.1) is 6.04 Å². The van der Waals surface area contributed by atoms with E-state index in [2.05, 4.69) is 9.98 Å². The molecule has 0 spiro atoms. The molecule has 0 saturated carbocycles. The number of rotatable bonds is 4. The van der Waals surface area contributed by atoms with Crippen molar-refractivity contribution < 1.29 is 9.18 Å². The van der Waals surface area contributed by atoms with Crippen LogP contribution in [0.3, 0.4) is 0 Å². The maximum absolute atomic E-state index is 14.2. The third kappa shape index (κ3) is 3.64. The van der Waals surface area contributed by atoms with Crippen molar-refractivity contribution in [1.29, 1.82) is 0 Å². The summed E-state index contributed by atoms with van der Waals surface area (Å²) in [5.41, 5.74) is 4.24. The summed E-state index contributed by atoms with van der Waals surface area (Å²) in [6.45, 7) is 9.43. The summed E-state index contributed by atoms with van der Waals surface area (Å²) in [5.74, 6) is -0.450. The number of allylic oxidation sites excluding steroid dienone is 1. The minimum Gasteiger partial charge on any atom is -0.335 e. The standard InChI is InChI=1S/C23H29FN4O2/c1-13-9-18(10-14(2)21(13)24)16(4)22(27-8-7-26-23(27)30)20-17(5)28(12-29)15(3)11-19(20)25-6/h7-10,12,15-17H,11H2,1-6H3,(H,26,30)/b22-20+,25-19?/t15-,16?,17+/m1/s1. The molecule has 3 rings (SSSR count). The number of aliphatic imine (C=N–C) groups is 1. The summed E-state index contributed by atoms with van der Waals surface area (Å²) in [6.07, 6.45) is 4.74. The van der Waals surface area contributed by atoms with E-state index in [1.54, 1.807) is 42.8 Å². The zero-order valence-corrected chi connectivity index (χ0v) is 18.4. The smallest absolute Gasteiger partial charge is 0.329 e. The summed E-state index contributed by atoms with van der Waals surface area (Å²) < 4.78 is 15.8. The van der Waals surface area contributed by atoms with Gasteiger partial charge in [-0.05, 0) is 44.4 Å². The van der Waals surface area contributed by atoms with E-state index in [1.807, 2.05) is 32.9 Å². The number of H-pyrrole nitrogens is 1. The number of carbonyl (C=O) groups excluding carboxylic acids is 1. The van der Waals surface area contributed by atoms with Gasteiger partial charge < -0.3 is 9.88 Å². The fourth-order valence-corrected chi connectivity index (χ4v) is 4.50. The predicted molar refractivity (Wildman–Crippen MR) is 117 cm³/mol. The highest BCUT2D eigenvalue weighted by Crippen LogP contribution is 2.37. The molecule has 2 heterocycles. The van der Waals surface area contributed by atoms with Crippen molar-refractivity contribution in [2.75, 3.05) is 7.05 Å². The first-order chi connectivity index (χ1) is 14.2. The number of aromatic nitrogens is 2. The molecule has 7 heteroatoms. The number of carbonyl (C=O) groups is 1. The van der Waals surface area contributed by atoms with E-state index in [1.165, 1.54) is 0 Å². The van der Waals surface area contributed by atoms with Crippen LogP contribution >= 0.6 is 0 Å². The lowest BCUT2D eigenvalue weighted by Gasteiger charge is -2.40. The van der Waals surface area contributed by atoms with E-state index in [4.69, 9.17) is 0 Å². The van der Waals surface area contributed by atoms with E-state index in [0.717, 1.165) is 29.0 Å². The van der Waals surface area contributed by atoms with E-state index in [9.17, 15) is 14.0 Å². The maximum Gasteiger partial charge on any atom is 0.329 e. The number of halogens is 1. The average molecular weight is 413 g/mol. The van der Waals surface area contributed by atoms with Gasteiger partial charge in [-0.25, -0.2) is 9.18 Å². The molecule has 30 heavy (non-hydrogen) atoms. The number of likely N-dealkylation sites (tertiary alicyclic amines) is 1. The van der Waals surface area contributed by atoms with Gasteiger partial charge in [0.15, 0.2) is 0 Å². The van der Waals surface area contributed by atoms with Crippen LogP contribution in [-0.4, -0.2) is 45.7 Å². The molecule has 0 aliphatic carbocycles. The summed E-state index contributed by atoms with van der Waals surface area (Å²) in [7, 11) is 1.74. The van der Waals surface area contributed by atoms with Crippen LogP contribution in [0.25, 0.3) is 5.70 Å². The first-order valence-electron chi connectivity index (χ1n) is 10.2. The Bertz CT molecular complexity index is 1060. The SMILES string of the molecule is CN=C1C[C@@H](C)N(C=O)[C@@H](C)/C1=C(/C(C)c1cc(C)c(F)c(C)c1)n1cc[nH]c1=O. The molecule has 1 amide bonds. The van der Waals surface area contributed by atoms with Gasteiger partial charge in [-0.3, -0.25) is 14.4 Å². The van der Waals surface area contributed by atoms with Gasteiger partial charge in [-0.2, -0.15) is 0 Å². The zero-order valence-electron chi connectivity index (χ0n) is 18.4. The van der Waals surface area contributed by atoms with Crippen LogP contribution in [0.2, 0.25) is 0 Å². The summed E-state index contributed by atoms with van der Waals surface area (Å²) in [5, 5.41) is 0. The summed E-state index contributed by atoms with van der Waals surface area (Å²) in [4.78, 5) is 33.4. The molecule has 0 radical (unpaired) electrons. The van der Waals surface area contributed by atoms with Gasteiger partial charge in [0.25, 0.3) is 0 Å². The number of hydrogen-bond acceptors (Lipinski definition) is 3. The van der Waals surface area contributed by atoms with Crippen LogP contribution in [-0.2, 0) is 4.79 Å². The minimum absolute atomic E-state index is 0.00904. The van der Waals surface area contributed by atoms with E-state index >= 15 is 0 Å². The number of piperidine rings is 1. The first-order valence-corrected chi connectivity index (χ1v) is 10.2. The van der Waals surface area contributed by atoms with Crippen molar-refractivity contribution in [2.45, 2.75) is 59.0 Å². The molecule has 2 aromatic rings. The van der Waals surface area contributed by atoms with Gasteiger partial charge in [-0.15, -0.1) is 0 Å². The predicted octanol–water partition coefficient (Wildman–Crippen LogP) is 3.66. The topological polar surface area (TPSA) is 70.5 Å². The minimum atomic E-state index is -0.265. The molecule has 160 valence electrons. The number of nitrogens with zero attached hydrogens (tertiary/aromatic N) is 3. The number of aryl methyl sites for hydroxylation is 2. The fraction of sp³-hybridized carbons (Fsp3) is 0.435. The van der Waals surface area contributed by atoms with Crippen molar-refractivity contribution >= 4 is 17.8 Å². The molecule has 1 fully saturated rings. The molecule has 0 bridgehead atoms. The average Bonchev–Trinajstić information content (AvgIpc) is 3.13. The second-order valence-corrected chi connectivity index (χ2v) is 8.08. The molecule has 1 aliphatic heterocycles. The van der Waals surface area contributed by atoms with Crippen LogP contribution in [0.5, 0.6) is 0 Å². The molecule has 1 aliphatic rings. The van der Waals surface area contributed by atoms with Crippen LogP contribution in [0, 0.1) is 19.7 Å². The second kappa shape index (κ2) is 8.42. The van der Waals surface area contributed by atoms with Crippen molar-refractivity contribution in [3.05, 3.63) is 63.1 Å². The van der Waals surface area contributed by atoms with Crippen molar-refractivity contribution in [3.8, 4) is 0 Å². The van der Waals surface area contributed by atoms with Crippen molar-refractivity contribution in [2.24, 2.45) is 4.99 Å². The molecule has 1 N–H and O–H groups in total. The highest BCUT2D eigenvalue weighted by Gasteiger charge is 2.35. The van der Waals surface area contributed by atoms with Gasteiger partial charge in [0.1, 0.15) is 5.82 Å². The quantitative estimate of drug-likeness (QED) is 0.779. The number of amides is 1. The lowest BCUT2D eigenvalue weighted by atomic mass is 9.83.